The number of thiophene rings is 2. The van der Waals surface area contributed by atoms with Gasteiger partial charge in [-0.3, -0.25) is 19.2 Å². The molecule has 0 amide bonds. The van der Waals surface area contributed by atoms with Crippen LogP contribution in [0.3, 0.4) is 0 Å². The number of hydrogen-bond acceptors (Lipinski definition) is 10. The molecule has 2 fully saturated rings. The number of fused-ring (bicyclic) bond motifs is 9. The van der Waals surface area contributed by atoms with Gasteiger partial charge in [0.25, 0.3) is 0 Å². The van der Waals surface area contributed by atoms with Crippen LogP contribution in [0.4, 0.5) is 0 Å². The fourth-order valence-electron chi connectivity index (χ4n) is 10.4. The van der Waals surface area contributed by atoms with Crippen molar-refractivity contribution in [2.45, 2.75) is 75.0 Å². The molecule has 56 heavy (non-hydrogen) atoms. The summed E-state index contributed by atoms with van der Waals surface area (Å²) in [5, 5.41) is 38.3. The Bertz CT molecular complexity index is 2630. The zero-order valence-corrected chi connectivity index (χ0v) is 31.6. The van der Waals surface area contributed by atoms with Crippen molar-refractivity contribution in [1.29, 1.82) is 21.0 Å². The number of nitriles is 4. The standard InChI is InChI=1S/C46H28N4O4S2/c47-19-23-11-29-30(12-24(23)20-48)40(52)33(39(29)51)15-27-17-35-37(45(27)7-3-1-4-8-45)43-44(55-35)38-36(56-43)18-28(46(38)9-5-2-6-10-46)16-34-41(53)31-13-25(21-49)26(22-50)14-32(31)42(34)54/h11-18H,1-10H2. The number of carbonyl (C=O) groups is 4. The summed E-state index contributed by atoms with van der Waals surface area (Å²) in [4.78, 5) is 57.3. The quantitative estimate of drug-likeness (QED) is 0.144. The van der Waals surface area contributed by atoms with E-state index in [1.165, 1.54) is 44.8 Å². The Morgan fingerprint density at radius 2 is 0.786 bits per heavy atom. The van der Waals surface area contributed by atoms with E-state index in [-0.39, 0.29) is 66.5 Å². The Morgan fingerprint density at radius 1 is 0.482 bits per heavy atom. The molecule has 6 aliphatic carbocycles. The predicted octanol–water partition coefficient (Wildman–Crippen LogP) is 9.66. The van der Waals surface area contributed by atoms with Crippen LogP contribution in [-0.4, -0.2) is 23.1 Å². The van der Waals surface area contributed by atoms with E-state index >= 15 is 0 Å². The molecule has 2 spiro atoms. The summed E-state index contributed by atoms with van der Waals surface area (Å²) in [5.41, 5.74) is 4.85. The van der Waals surface area contributed by atoms with Crippen LogP contribution < -0.4 is 0 Å². The Labute approximate surface area is 329 Å². The Morgan fingerprint density at radius 3 is 1.07 bits per heavy atom. The molecule has 2 heterocycles. The molecule has 2 aromatic heterocycles. The van der Waals surface area contributed by atoms with Crippen molar-refractivity contribution >= 4 is 67.4 Å². The molecule has 0 N–H and O–H groups in total. The molecular formula is C46H28N4O4S2. The van der Waals surface area contributed by atoms with Crippen LogP contribution in [-0.2, 0) is 10.8 Å². The van der Waals surface area contributed by atoms with Crippen molar-refractivity contribution < 1.29 is 19.2 Å². The Hall–Kier alpha value is -6.30. The molecule has 2 aromatic carbocycles. The van der Waals surface area contributed by atoms with E-state index in [0.29, 0.717) is 0 Å². The van der Waals surface area contributed by atoms with Gasteiger partial charge in [-0.1, -0.05) is 38.5 Å². The number of carbonyl (C=O) groups excluding carboxylic acids is 4. The van der Waals surface area contributed by atoms with Gasteiger partial charge >= 0.3 is 0 Å². The number of Topliss-reactive ketones (excluding diaryl/α,β-unsaturated/α-hetero) is 4. The number of rotatable bonds is 2. The molecule has 268 valence electrons. The van der Waals surface area contributed by atoms with E-state index in [0.717, 1.165) is 85.1 Å². The Balaban J connectivity index is 1.08. The molecule has 0 aliphatic heterocycles. The van der Waals surface area contributed by atoms with Gasteiger partial charge in [-0.25, -0.2) is 0 Å². The summed E-state index contributed by atoms with van der Waals surface area (Å²) >= 11 is 3.50. The minimum absolute atomic E-state index is 0.0721. The largest absolute Gasteiger partial charge is 0.288 e. The summed E-state index contributed by atoms with van der Waals surface area (Å²) < 4.78 is 2.46. The van der Waals surface area contributed by atoms with Crippen molar-refractivity contribution in [1.82, 2.24) is 0 Å². The normalized spacial score (nSPS) is 19.6. The van der Waals surface area contributed by atoms with Crippen molar-refractivity contribution in [2.75, 3.05) is 0 Å². The van der Waals surface area contributed by atoms with Crippen LogP contribution >= 0.6 is 22.7 Å². The monoisotopic (exact) mass is 764 g/mol. The highest BCUT2D eigenvalue weighted by molar-refractivity contribution is 7.29. The van der Waals surface area contributed by atoms with E-state index < -0.39 is 23.1 Å². The zero-order valence-electron chi connectivity index (χ0n) is 29.9. The molecule has 0 atom stereocenters. The summed E-state index contributed by atoms with van der Waals surface area (Å²) in [6.45, 7) is 0. The highest BCUT2D eigenvalue weighted by atomic mass is 32.1. The van der Waals surface area contributed by atoms with Gasteiger partial charge in [0, 0.05) is 42.8 Å². The number of ketones is 4. The minimum Gasteiger partial charge on any atom is -0.288 e. The first-order valence-corrected chi connectivity index (χ1v) is 20.4. The van der Waals surface area contributed by atoms with Gasteiger partial charge in [-0.2, -0.15) is 21.0 Å². The average Bonchev–Trinajstić information content (AvgIpc) is 4.00. The number of nitrogens with zero attached hydrogens (tertiary/aromatic N) is 4. The van der Waals surface area contributed by atoms with E-state index in [4.69, 9.17) is 0 Å². The predicted molar refractivity (Wildman–Crippen MR) is 210 cm³/mol. The van der Waals surface area contributed by atoms with Crippen LogP contribution in [0.5, 0.6) is 0 Å². The van der Waals surface area contributed by atoms with Gasteiger partial charge in [0.2, 0.25) is 0 Å². The van der Waals surface area contributed by atoms with E-state index in [1.807, 2.05) is 24.3 Å². The molecule has 10 rings (SSSR count). The van der Waals surface area contributed by atoms with Crippen LogP contribution in [0, 0.1) is 45.3 Å². The molecule has 4 aromatic rings. The molecule has 0 unspecified atom stereocenters. The van der Waals surface area contributed by atoms with Crippen molar-refractivity contribution in [3.05, 3.63) is 124 Å². The van der Waals surface area contributed by atoms with Crippen LogP contribution in [0.15, 0.2) is 58.7 Å². The second kappa shape index (κ2) is 12.1. The smallest absolute Gasteiger partial charge is 0.197 e. The third-order valence-corrected chi connectivity index (χ3v) is 15.4. The summed E-state index contributed by atoms with van der Waals surface area (Å²) in [6.07, 6.45) is 17.7. The molecular weight excluding hydrogens is 737 g/mol. The first-order chi connectivity index (χ1) is 27.2. The molecule has 8 nitrogen and oxygen atoms in total. The zero-order chi connectivity index (χ0) is 38.7. The molecule has 10 heteroatoms. The van der Waals surface area contributed by atoms with Gasteiger partial charge in [0.1, 0.15) is 24.3 Å². The maximum atomic E-state index is 13.8. The number of benzene rings is 2. The first kappa shape index (κ1) is 34.2. The fraction of sp³-hybridized carbons (Fsp3) is 0.261. The second-order valence-electron chi connectivity index (χ2n) is 15.6. The Kier molecular flexibility index (Phi) is 7.39. The maximum absolute atomic E-state index is 13.8. The van der Waals surface area contributed by atoms with Crippen molar-refractivity contribution in [2.24, 2.45) is 0 Å². The highest BCUT2D eigenvalue weighted by Crippen LogP contribution is 2.63. The third-order valence-electron chi connectivity index (χ3n) is 13.0. The summed E-state index contributed by atoms with van der Waals surface area (Å²) in [7, 11) is 0. The van der Waals surface area contributed by atoms with Crippen LogP contribution in [0.2, 0.25) is 0 Å². The molecule has 0 bridgehead atoms. The lowest BCUT2D eigenvalue weighted by atomic mass is 9.66. The van der Waals surface area contributed by atoms with E-state index in [9.17, 15) is 40.2 Å². The third kappa shape index (κ3) is 4.40. The van der Waals surface area contributed by atoms with Gasteiger partial charge in [-0.05, 0) is 96.5 Å². The molecule has 0 radical (unpaired) electrons. The lowest BCUT2D eigenvalue weighted by Gasteiger charge is -2.37. The van der Waals surface area contributed by atoms with Crippen molar-refractivity contribution in [3.8, 4) is 24.3 Å². The lowest BCUT2D eigenvalue weighted by molar-refractivity contribution is 0.0973. The molecule has 2 saturated carbocycles. The number of hydrogen-bond donors (Lipinski definition) is 0. The highest BCUT2D eigenvalue weighted by Gasteiger charge is 2.50. The van der Waals surface area contributed by atoms with Crippen LogP contribution in [0.1, 0.15) is 149 Å². The van der Waals surface area contributed by atoms with Crippen LogP contribution in [0.25, 0.3) is 21.6 Å². The second-order valence-corrected chi connectivity index (χ2v) is 17.7. The first-order valence-electron chi connectivity index (χ1n) is 18.8. The van der Waals surface area contributed by atoms with Crippen molar-refractivity contribution in [3.63, 3.8) is 0 Å². The lowest BCUT2D eigenvalue weighted by Crippen LogP contribution is -2.29. The molecule has 6 aliphatic rings. The van der Waals surface area contributed by atoms with Gasteiger partial charge in [0.05, 0.1) is 42.8 Å². The van der Waals surface area contributed by atoms with E-state index in [2.05, 4.69) is 12.2 Å². The van der Waals surface area contributed by atoms with Gasteiger partial charge in [-0.15, -0.1) is 22.7 Å². The number of allylic oxidation sites excluding steroid dienone is 6. The van der Waals surface area contributed by atoms with E-state index in [1.54, 1.807) is 34.8 Å². The summed E-state index contributed by atoms with van der Waals surface area (Å²) in [6, 6.07) is 13.4. The fourth-order valence-corrected chi connectivity index (χ4v) is 13.5. The average molecular weight is 765 g/mol. The van der Waals surface area contributed by atoms with Gasteiger partial charge < -0.3 is 0 Å². The minimum atomic E-state index is -0.419. The molecule has 0 saturated heterocycles. The summed E-state index contributed by atoms with van der Waals surface area (Å²) in [5.74, 6) is -1.68. The SMILES string of the molecule is N#Cc1cc2c(cc1C#N)C(=O)C(=CC1=Cc3sc4c5c(sc4c3C13CCCCC3)C=C(C=C1C(=O)c3cc(C#N)c(C#N)cc3C1=O)C51CCCCC1)C2=O. The maximum Gasteiger partial charge on any atom is 0.197 e. The topological polar surface area (TPSA) is 163 Å². The van der Waals surface area contributed by atoms with Gasteiger partial charge in [0.15, 0.2) is 23.1 Å².